The Labute approximate surface area is 92.5 Å². The number of aliphatic hydroxyl groups excluding tert-OH is 1. The average Bonchev–Trinajstić information content (AvgIpc) is 2.36. The first-order valence-electron chi connectivity index (χ1n) is 4.83. The van der Waals surface area contributed by atoms with Crippen molar-refractivity contribution in [2.75, 3.05) is 7.11 Å². The van der Waals surface area contributed by atoms with Gasteiger partial charge in [0.1, 0.15) is 0 Å². The van der Waals surface area contributed by atoms with Gasteiger partial charge in [0.15, 0.2) is 6.10 Å². The minimum absolute atomic E-state index is 0.507. The molecule has 2 rings (SSSR count). The lowest BCUT2D eigenvalue weighted by molar-refractivity contribution is -0.150. The van der Waals surface area contributed by atoms with Crippen LogP contribution in [0.1, 0.15) is 11.7 Å². The summed E-state index contributed by atoms with van der Waals surface area (Å²) in [5, 5.41) is 10.5. The number of aliphatic hydroxyl groups is 1. The number of hydrogen-bond donors (Lipinski definition) is 1. The van der Waals surface area contributed by atoms with E-state index in [0.717, 1.165) is 10.9 Å². The van der Waals surface area contributed by atoms with E-state index in [1.807, 2.05) is 6.07 Å². The Morgan fingerprint density at radius 1 is 1.44 bits per heavy atom. The monoisotopic (exact) mass is 217 g/mol. The van der Waals surface area contributed by atoms with Crippen molar-refractivity contribution in [3.05, 3.63) is 42.1 Å². The molecule has 2 aromatic rings. The SMILES string of the molecule is COC(=O)C(O)c1ccc2ncccc2c1. The number of carbonyl (C=O) groups excluding carboxylic acids is 1. The third-order valence-electron chi connectivity index (χ3n) is 2.37. The first-order chi connectivity index (χ1) is 7.72. The largest absolute Gasteiger partial charge is 0.467 e. The number of ether oxygens (including phenoxy) is 1. The molecule has 1 aromatic heterocycles. The summed E-state index contributed by atoms with van der Waals surface area (Å²) in [6.07, 6.45) is 0.452. The molecule has 1 unspecified atom stereocenters. The fourth-order valence-electron chi connectivity index (χ4n) is 1.51. The highest BCUT2D eigenvalue weighted by Gasteiger charge is 2.17. The molecule has 0 radical (unpaired) electrons. The lowest BCUT2D eigenvalue weighted by Gasteiger charge is -2.08. The molecule has 1 N–H and O–H groups in total. The Balaban J connectivity index is 2.43. The number of nitrogens with zero attached hydrogens (tertiary/aromatic N) is 1. The van der Waals surface area contributed by atoms with E-state index in [0.29, 0.717) is 5.56 Å². The summed E-state index contributed by atoms with van der Waals surface area (Å²) in [4.78, 5) is 15.3. The number of esters is 1. The Kier molecular flexibility index (Phi) is 2.83. The molecule has 0 aliphatic carbocycles. The average molecular weight is 217 g/mol. The number of rotatable bonds is 2. The number of pyridine rings is 1. The Morgan fingerprint density at radius 3 is 3.00 bits per heavy atom. The molecule has 0 spiro atoms. The molecule has 82 valence electrons. The Morgan fingerprint density at radius 2 is 2.25 bits per heavy atom. The van der Waals surface area contributed by atoms with E-state index in [4.69, 9.17) is 0 Å². The zero-order valence-electron chi connectivity index (χ0n) is 8.75. The molecule has 1 atom stereocenters. The van der Waals surface area contributed by atoms with E-state index < -0.39 is 12.1 Å². The van der Waals surface area contributed by atoms with Crippen molar-refractivity contribution in [2.45, 2.75) is 6.10 Å². The molecular weight excluding hydrogens is 206 g/mol. The highest BCUT2D eigenvalue weighted by molar-refractivity contribution is 5.82. The summed E-state index contributed by atoms with van der Waals surface area (Å²) in [5.74, 6) is -0.664. The smallest absolute Gasteiger partial charge is 0.339 e. The molecule has 0 fully saturated rings. The first-order valence-corrected chi connectivity index (χ1v) is 4.83. The second-order valence-electron chi connectivity index (χ2n) is 3.38. The molecule has 16 heavy (non-hydrogen) atoms. The summed E-state index contributed by atoms with van der Waals surface area (Å²) in [5.41, 5.74) is 1.33. The van der Waals surface area contributed by atoms with Crippen LogP contribution in [0.4, 0.5) is 0 Å². The fourth-order valence-corrected chi connectivity index (χ4v) is 1.51. The van der Waals surface area contributed by atoms with Crippen molar-refractivity contribution in [2.24, 2.45) is 0 Å². The van der Waals surface area contributed by atoms with E-state index in [1.54, 1.807) is 30.5 Å². The standard InChI is InChI=1S/C12H11NO3/c1-16-12(15)11(14)9-4-5-10-8(7-9)3-2-6-13-10/h2-7,11,14H,1H3. The molecule has 0 aliphatic rings. The van der Waals surface area contributed by atoms with Crippen LogP contribution in [0.2, 0.25) is 0 Å². The summed E-state index contributed by atoms with van der Waals surface area (Å²) < 4.78 is 4.47. The van der Waals surface area contributed by atoms with Gasteiger partial charge in [0.25, 0.3) is 0 Å². The molecule has 0 amide bonds. The summed E-state index contributed by atoms with van der Waals surface area (Å²) in [6, 6.07) is 8.82. The van der Waals surface area contributed by atoms with Crippen LogP contribution in [-0.2, 0) is 9.53 Å². The number of fused-ring (bicyclic) bond motifs is 1. The third kappa shape index (κ3) is 1.87. The molecule has 0 aliphatic heterocycles. The topological polar surface area (TPSA) is 59.4 Å². The Hall–Kier alpha value is -1.94. The highest BCUT2D eigenvalue weighted by Crippen LogP contribution is 2.19. The van der Waals surface area contributed by atoms with Crippen LogP contribution in [0.3, 0.4) is 0 Å². The van der Waals surface area contributed by atoms with Crippen molar-refractivity contribution in [1.82, 2.24) is 4.98 Å². The van der Waals surface area contributed by atoms with Crippen molar-refractivity contribution in [1.29, 1.82) is 0 Å². The van der Waals surface area contributed by atoms with Gasteiger partial charge in [-0.05, 0) is 23.8 Å². The van der Waals surface area contributed by atoms with Gasteiger partial charge in [-0.15, -0.1) is 0 Å². The minimum Gasteiger partial charge on any atom is -0.467 e. The highest BCUT2D eigenvalue weighted by atomic mass is 16.5. The maximum atomic E-state index is 11.2. The van der Waals surface area contributed by atoms with Crippen LogP contribution in [0.5, 0.6) is 0 Å². The van der Waals surface area contributed by atoms with Crippen molar-refractivity contribution in [3.8, 4) is 0 Å². The van der Waals surface area contributed by atoms with E-state index in [1.165, 1.54) is 7.11 Å². The van der Waals surface area contributed by atoms with Gasteiger partial charge in [-0.25, -0.2) is 4.79 Å². The van der Waals surface area contributed by atoms with Crippen LogP contribution in [-0.4, -0.2) is 23.2 Å². The molecule has 1 aromatic carbocycles. The number of carbonyl (C=O) groups is 1. The van der Waals surface area contributed by atoms with E-state index in [-0.39, 0.29) is 0 Å². The van der Waals surface area contributed by atoms with E-state index in [9.17, 15) is 9.90 Å². The number of methoxy groups -OCH3 is 1. The minimum atomic E-state index is -1.24. The molecule has 0 saturated carbocycles. The molecular formula is C12H11NO3. The van der Waals surface area contributed by atoms with Gasteiger partial charge in [0.05, 0.1) is 12.6 Å². The normalized spacial score (nSPS) is 12.4. The maximum Gasteiger partial charge on any atom is 0.339 e. The van der Waals surface area contributed by atoms with Gasteiger partial charge < -0.3 is 9.84 Å². The zero-order chi connectivity index (χ0) is 11.5. The van der Waals surface area contributed by atoms with Gasteiger partial charge in [-0.2, -0.15) is 0 Å². The Bertz CT molecular complexity index is 524. The third-order valence-corrected chi connectivity index (χ3v) is 2.37. The van der Waals surface area contributed by atoms with Gasteiger partial charge in [0.2, 0.25) is 0 Å². The number of aromatic nitrogens is 1. The lowest BCUT2D eigenvalue weighted by atomic mass is 10.1. The van der Waals surface area contributed by atoms with E-state index >= 15 is 0 Å². The van der Waals surface area contributed by atoms with Crippen LogP contribution < -0.4 is 0 Å². The van der Waals surface area contributed by atoms with Gasteiger partial charge in [-0.3, -0.25) is 4.98 Å². The fraction of sp³-hybridized carbons (Fsp3) is 0.167. The van der Waals surface area contributed by atoms with Crippen LogP contribution in [0.15, 0.2) is 36.5 Å². The van der Waals surface area contributed by atoms with Crippen molar-refractivity contribution >= 4 is 16.9 Å². The predicted molar refractivity (Wildman–Crippen MR) is 58.7 cm³/mol. The second-order valence-corrected chi connectivity index (χ2v) is 3.38. The number of benzene rings is 1. The second kappa shape index (κ2) is 4.28. The molecule has 1 heterocycles. The maximum absolute atomic E-state index is 11.2. The van der Waals surface area contributed by atoms with Crippen molar-refractivity contribution in [3.63, 3.8) is 0 Å². The van der Waals surface area contributed by atoms with Gasteiger partial charge in [-0.1, -0.05) is 12.1 Å². The van der Waals surface area contributed by atoms with Gasteiger partial charge >= 0.3 is 5.97 Å². The summed E-state index contributed by atoms with van der Waals surface area (Å²) in [7, 11) is 1.24. The van der Waals surface area contributed by atoms with E-state index in [2.05, 4.69) is 9.72 Å². The summed E-state index contributed by atoms with van der Waals surface area (Å²) in [6.45, 7) is 0. The van der Waals surface area contributed by atoms with Crippen LogP contribution >= 0.6 is 0 Å². The quantitative estimate of drug-likeness (QED) is 0.773. The van der Waals surface area contributed by atoms with Crippen LogP contribution in [0.25, 0.3) is 10.9 Å². The molecule has 0 saturated heterocycles. The molecule has 4 nitrogen and oxygen atoms in total. The van der Waals surface area contributed by atoms with Crippen molar-refractivity contribution < 1.29 is 14.6 Å². The zero-order valence-corrected chi connectivity index (χ0v) is 8.75. The van der Waals surface area contributed by atoms with Crippen LogP contribution in [0, 0.1) is 0 Å². The number of hydrogen-bond acceptors (Lipinski definition) is 4. The van der Waals surface area contributed by atoms with Gasteiger partial charge in [0, 0.05) is 11.6 Å². The molecule has 4 heteroatoms. The lowest BCUT2D eigenvalue weighted by Crippen LogP contribution is -2.13. The molecule has 0 bridgehead atoms. The first kappa shape index (κ1) is 10.6. The predicted octanol–water partition coefficient (Wildman–Crippen LogP) is 1.44. The summed E-state index contributed by atoms with van der Waals surface area (Å²) >= 11 is 0.